The predicted octanol–water partition coefficient (Wildman–Crippen LogP) is 6.48. The monoisotopic (exact) mass is 639 g/mol. The maximum Gasteiger partial charge on any atom is 0.226 e. The number of allylic oxidation sites excluding steroid dienone is 2. The van der Waals surface area contributed by atoms with Crippen LogP contribution in [0.4, 0.5) is 0 Å². The second-order valence-electron chi connectivity index (χ2n) is 18.6. The number of hydrogen-bond acceptors (Lipinski definition) is 5. The van der Waals surface area contributed by atoms with Gasteiger partial charge in [0.1, 0.15) is 0 Å². The Balaban J connectivity index is 1.18. The highest BCUT2D eigenvalue weighted by Gasteiger charge is 2.69. The molecular formula is C40H70N4O2. The van der Waals surface area contributed by atoms with Crippen LogP contribution in [0.15, 0.2) is 11.6 Å². The molecule has 6 heteroatoms. The van der Waals surface area contributed by atoms with Crippen molar-refractivity contribution in [2.75, 3.05) is 52.4 Å². The molecule has 6 rings (SSSR count). The van der Waals surface area contributed by atoms with E-state index in [1.165, 1.54) is 19.3 Å². The van der Waals surface area contributed by atoms with Crippen molar-refractivity contribution in [2.45, 2.75) is 125 Å². The molecule has 6 nitrogen and oxygen atoms in total. The minimum atomic E-state index is -0.257. The van der Waals surface area contributed by atoms with Crippen molar-refractivity contribution >= 4 is 5.91 Å². The number of piperazine rings is 1. The molecule has 4 saturated carbocycles. The van der Waals surface area contributed by atoms with Crippen LogP contribution in [0.1, 0.15) is 119 Å². The molecule has 1 heterocycles. The number of carbonyl (C=O) groups is 1. The summed E-state index contributed by atoms with van der Waals surface area (Å²) in [7, 11) is 0. The number of hydrogen-bond donors (Lipinski definition) is 3. The van der Waals surface area contributed by atoms with E-state index in [2.05, 4.69) is 69.7 Å². The molecule has 1 aliphatic heterocycles. The van der Waals surface area contributed by atoms with E-state index < -0.39 is 0 Å². The minimum absolute atomic E-state index is 0.0227. The van der Waals surface area contributed by atoms with E-state index in [0.29, 0.717) is 35.5 Å². The summed E-state index contributed by atoms with van der Waals surface area (Å²) in [5, 5.41) is 14.6. The number of nitrogens with one attached hydrogen (secondary N) is 1. The Kier molecular flexibility index (Phi) is 9.66. The van der Waals surface area contributed by atoms with Gasteiger partial charge >= 0.3 is 0 Å². The zero-order valence-corrected chi connectivity index (χ0v) is 30.8. The molecule has 1 amide bonds. The third kappa shape index (κ3) is 5.37. The van der Waals surface area contributed by atoms with Crippen LogP contribution in [0.5, 0.6) is 0 Å². The van der Waals surface area contributed by atoms with Crippen molar-refractivity contribution in [3.63, 3.8) is 0 Å². The highest BCUT2D eigenvalue weighted by molar-refractivity contribution is 5.84. The van der Waals surface area contributed by atoms with Gasteiger partial charge in [-0.15, -0.1) is 0 Å². The van der Waals surface area contributed by atoms with Crippen LogP contribution in [0, 0.1) is 56.7 Å². The lowest BCUT2D eigenvalue weighted by Crippen LogP contribution is -2.66. The first kappa shape index (κ1) is 34.9. The fourth-order valence-electron chi connectivity index (χ4n) is 13.1. The Bertz CT molecular complexity index is 1150. The van der Waals surface area contributed by atoms with E-state index in [-0.39, 0.29) is 33.2 Å². The van der Waals surface area contributed by atoms with Crippen LogP contribution in [0.2, 0.25) is 0 Å². The molecule has 10 unspecified atom stereocenters. The van der Waals surface area contributed by atoms with E-state index in [9.17, 15) is 9.90 Å². The number of fused-ring (bicyclic) bond motifs is 7. The van der Waals surface area contributed by atoms with Crippen molar-refractivity contribution < 1.29 is 9.90 Å². The Hall–Kier alpha value is -0.950. The molecular weight excluding hydrogens is 568 g/mol. The number of nitrogens with two attached hydrogens (primary N) is 1. The lowest BCUT2D eigenvalue weighted by molar-refractivity contribution is -0.204. The van der Waals surface area contributed by atoms with E-state index in [0.717, 1.165) is 104 Å². The largest absolute Gasteiger partial charge is 0.393 e. The van der Waals surface area contributed by atoms with Gasteiger partial charge in [0.2, 0.25) is 5.91 Å². The van der Waals surface area contributed by atoms with Crippen LogP contribution in [-0.4, -0.2) is 79.3 Å². The molecule has 4 N–H and O–H groups in total. The molecule has 6 aliphatic rings. The fourth-order valence-corrected chi connectivity index (χ4v) is 13.1. The van der Waals surface area contributed by atoms with Gasteiger partial charge in [-0.3, -0.25) is 4.79 Å². The van der Waals surface area contributed by atoms with Crippen LogP contribution in [0.25, 0.3) is 0 Å². The van der Waals surface area contributed by atoms with Gasteiger partial charge in [-0.25, -0.2) is 0 Å². The summed E-state index contributed by atoms with van der Waals surface area (Å²) in [6, 6.07) is 0. The normalized spacial score (nSPS) is 45.9. The first-order valence-electron chi connectivity index (χ1n) is 19.6. The van der Waals surface area contributed by atoms with Gasteiger partial charge in [-0.2, -0.15) is 0 Å². The summed E-state index contributed by atoms with van der Waals surface area (Å²) in [6.07, 6.45) is 14.7. The Morgan fingerprint density at radius 1 is 0.891 bits per heavy atom. The van der Waals surface area contributed by atoms with E-state index in [1.54, 1.807) is 5.57 Å². The quantitative estimate of drug-likeness (QED) is 0.210. The third-order valence-electron chi connectivity index (χ3n) is 16.5. The molecule has 262 valence electrons. The Morgan fingerprint density at radius 2 is 1.57 bits per heavy atom. The summed E-state index contributed by atoms with van der Waals surface area (Å²) in [5.41, 5.74) is 7.73. The van der Waals surface area contributed by atoms with Crippen LogP contribution in [-0.2, 0) is 4.79 Å². The molecule has 0 radical (unpaired) electrons. The molecule has 1 saturated heterocycles. The van der Waals surface area contributed by atoms with E-state index in [4.69, 9.17) is 5.73 Å². The maximum absolute atomic E-state index is 14.5. The van der Waals surface area contributed by atoms with Crippen molar-refractivity contribution in [2.24, 2.45) is 62.4 Å². The Labute approximate surface area is 282 Å². The van der Waals surface area contributed by atoms with Gasteiger partial charge in [0, 0.05) is 32.7 Å². The molecule has 0 aromatic carbocycles. The lowest BCUT2D eigenvalue weighted by Gasteiger charge is -2.71. The van der Waals surface area contributed by atoms with E-state index in [1.807, 2.05) is 0 Å². The molecule has 46 heavy (non-hydrogen) atoms. The number of nitrogens with zero attached hydrogens (tertiary/aromatic N) is 2. The molecule has 5 aliphatic carbocycles. The predicted molar refractivity (Wildman–Crippen MR) is 189 cm³/mol. The van der Waals surface area contributed by atoms with Gasteiger partial charge in [0.05, 0.1) is 11.5 Å². The number of aliphatic hydroxyl groups excluding tert-OH is 1. The van der Waals surface area contributed by atoms with Gasteiger partial charge in [0.25, 0.3) is 0 Å². The average Bonchev–Trinajstić information content (AvgIpc) is 3.03. The molecule has 0 spiro atoms. The molecule has 10 atom stereocenters. The summed E-state index contributed by atoms with van der Waals surface area (Å²) in [6.45, 7) is 25.8. The summed E-state index contributed by atoms with van der Waals surface area (Å²) in [5.74, 6) is 3.09. The zero-order chi connectivity index (χ0) is 33.1. The van der Waals surface area contributed by atoms with Gasteiger partial charge in [0.15, 0.2) is 0 Å². The average molecular weight is 639 g/mol. The second kappa shape index (κ2) is 12.7. The topological polar surface area (TPSA) is 81.8 Å². The maximum atomic E-state index is 14.5. The summed E-state index contributed by atoms with van der Waals surface area (Å²) < 4.78 is 0. The van der Waals surface area contributed by atoms with Crippen LogP contribution in [0.3, 0.4) is 0 Å². The number of carbonyl (C=O) groups excluding carboxylic acids is 1. The first-order valence-corrected chi connectivity index (χ1v) is 19.6. The number of amides is 1. The lowest BCUT2D eigenvalue weighted by atomic mass is 9.33. The van der Waals surface area contributed by atoms with E-state index >= 15 is 0 Å². The zero-order valence-electron chi connectivity index (χ0n) is 30.8. The van der Waals surface area contributed by atoms with Crippen molar-refractivity contribution in [1.29, 1.82) is 0 Å². The molecule has 0 aromatic rings. The highest BCUT2D eigenvalue weighted by Crippen LogP contribution is 2.75. The highest BCUT2D eigenvalue weighted by atomic mass is 16.3. The number of aliphatic hydroxyl groups is 1. The summed E-state index contributed by atoms with van der Waals surface area (Å²) >= 11 is 0. The standard InChI is InChI=1S/C40H70N4O2/c1-28-12-17-40(35(46)42-21-9-23-44-26-24-43(25-27-44)22-8-20-41)19-18-38(6)30(34(40)29(28)2)10-11-32-37(5)15-14-33(45)36(3,4)31(37)13-16-39(32,38)7/h10,28-29,31-34,45H,8-9,11-27,41H2,1-7H3,(H,42,46). The van der Waals surface area contributed by atoms with Crippen LogP contribution < -0.4 is 11.1 Å². The molecule has 5 fully saturated rings. The third-order valence-corrected chi connectivity index (χ3v) is 16.5. The first-order chi connectivity index (χ1) is 21.7. The smallest absolute Gasteiger partial charge is 0.226 e. The second-order valence-corrected chi connectivity index (χ2v) is 18.6. The van der Waals surface area contributed by atoms with Crippen molar-refractivity contribution in [3.05, 3.63) is 11.6 Å². The van der Waals surface area contributed by atoms with Crippen molar-refractivity contribution in [1.82, 2.24) is 15.1 Å². The fraction of sp³-hybridized carbons (Fsp3) is 0.925. The van der Waals surface area contributed by atoms with Gasteiger partial charge < -0.3 is 26.0 Å². The Morgan fingerprint density at radius 3 is 2.24 bits per heavy atom. The summed E-state index contributed by atoms with van der Waals surface area (Å²) in [4.78, 5) is 19.6. The van der Waals surface area contributed by atoms with Crippen molar-refractivity contribution in [3.8, 4) is 0 Å². The van der Waals surface area contributed by atoms with Gasteiger partial charge in [-0.1, -0.05) is 60.1 Å². The van der Waals surface area contributed by atoms with Crippen LogP contribution >= 0.6 is 0 Å². The molecule has 0 bridgehead atoms. The van der Waals surface area contributed by atoms with Gasteiger partial charge in [-0.05, 0) is 142 Å². The number of rotatable bonds is 8. The SMILES string of the molecule is CC1CCC2(C(=O)NCCCN3CCN(CCCN)CC3)CCC3(C)C(=CCC4C5(C)CCC(O)C(C)(C)C5CCC43C)C2C1C. The minimum Gasteiger partial charge on any atom is -0.393 e. The molecule has 0 aromatic heterocycles.